The van der Waals surface area contributed by atoms with E-state index in [1.54, 1.807) is 18.4 Å². The Morgan fingerprint density at radius 2 is 2.50 bits per heavy atom. The predicted octanol–water partition coefficient (Wildman–Crippen LogP) is 2.00. The lowest BCUT2D eigenvalue weighted by Crippen LogP contribution is -2.25. The van der Waals surface area contributed by atoms with E-state index in [4.69, 9.17) is 4.74 Å². The number of carbonyl (C=O) groups excluding carboxylic acids is 1. The average Bonchev–Trinajstić information content (AvgIpc) is 2.83. The molecular weight excluding hydrogens is 224 g/mol. The highest BCUT2D eigenvalue weighted by Gasteiger charge is 2.08. The fourth-order valence-corrected chi connectivity index (χ4v) is 2.27. The van der Waals surface area contributed by atoms with Gasteiger partial charge < -0.3 is 15.0 Å². The maximum atomic E-state index is 11.7. The molecule has 0 aliphatic heterocycles. The van der Waals surface area contributed by atoms with E-state index in [0.717, 1.165) is 16.6 Å². The van der Waals surface area contributed by atoms with Gasteiger partial charge in [-0.1, -0.05) is 0 Å². The van der Waals surface area contributed by atoms with Crippen LogP contribution in [0, 0.1) is 0 Å². The van der Waals surface area contributed by atoms with Gasteiger partial charge in [0.05, 0.1) is 10.2 Å². The van der Waals surface area contributed by atoms with Gasteiger partial charge in [0.1, 0.15) is 5.69 Å². The SMILES string of the molecule is COCCCNC(=O)c1cc2sccc2[nH]1. The van der Waals surface area contributed by atoms with Crippen molar-refractivity contribution < 1.29 is 9.53 Å². The summed E-state index contributed by atoms with van der Waals surface area (Å²) < 4.78 is 6.02. The highest BCUT2D eigenvalue weighted by atomic mass is 32.1. The number of methoxy groups -OCH3 is 1. The fraction of sp³-hybridized carbons (Fsp3) is 0.364. The second-order valence-corrected chi connectivity index (χ2v) is 4.43. The van der Waals surface area contributed by atoms with Gasteiger partial charge in [0, 0.05) is 20.3 Å². The third kappa shape index (κ3) is 2.43. The number of ether oxygens (including phenoxy) is 1. The highest BCUT2D eigenvalue weighted by molar-refractivity contribution is 7.17. The summed E-state index contributed by atoms with van der Waals surface area (Å²) in [4.78, 5) is 14.8. The Bertz CT molecular complexity index is 446. The minimum Gasteiger partial charge on any atom is -0.385 e. The summed E-state index contributed by atoms with van der Waals surface area (Å²) >= 11 is 1.63. The molecule has 2 heterocycles. The van der Waals surface area contributed by atoms with Crippen LogP contribution in [0.25, 0.3) is 10.2 Å². The van der Waals surface area contributed by atoms with Crippen molar-refractivity contribution in [3.63, 3.8) is 0 Å². The molecule has 2 aromatic heterocycles. The lowest BCUT2D eigenvalue weighted by molar-refractivity contribution is 0.0944. The highest BCUT2D eigenvalue weighted by Crippen LogP contribution is 2.20. The van der Waals surface area contributed by atoms with Crippen molar-refractivity contribution in [3.05, 3.63) is 23.2 Å². The summed E-state index contributed by atoms with van der Waals surface area (Å²) in [5, 5.41) is 4.84. The van der Waals surface area contributed by atoms with Crippen molar-refractivity contribution in [2.24, 2.45) is 0 Å². The van der Waals surface area contributed by atoms with E-state index < -0.39 is 0 Å². The molecule has 0 unspecified atom stereocenters. The van der Waals surface area contributed by atoms with E-state index >= 15 is 0 Å². The molecule has 16 heavy (non-hydrogen) atoms. The topological polar surface area (TPSA) is 54.1 Å². The number of amides is 1. The van der Waals surface area contributed by atoms with Gasteiger partial charge in [-0.25, -0.2) is 0 Å². The van der Waals surface area contributed by atoms with Gasteiger partial charge >= 0.3 is 0 Å². The molecule has 2 aromatic rings. The summed E-state index contributed by atoms with van der Waals surface area (Å²) in [7, 11) is 1.65. The molecule has 0 fully saturated rings. The van der Waals surface area contributed by atoms with E-state index in [1.807, 2.05) is 17.5 Å². The van der Waals surface area contributed by atoms with Crippen LogP contribution in [-0.2, 0) is 4.74 Å². The monoisotopic (exact) mass is 238 g/mol. The molecule has 5 heteroatoms. The molecule has 0 saturated carbocycles. The molecule has 0 aromatic carbocycles. The van der Waals surface area contributed by atoms with Gasteiger partial charge in [0.25, 0.3) is 5.91 Å². The molecule has 0 radical (unpaired) electrons. The predicted molar refractivity (Wildman–Crippen MR) is 65.0 cm³/mol. The summed E-state index contributed by atoms with van der Waals surface area (Å²) in [6, 6.07) is 3.85. The summed E-state index contributed by atoms with van der Waals surface area (Å²) in [5.74, 6) is -0.0560. The normalized spacial score (nSPS) is 10.8. The number of H-pyrrole nitrogens is 1. The zero-order valence-electron chi connectivity index (χ0n) is 9.08. The molecule has 2 rings (SSSR count). The van der Waals surface area contributed by atoms with Crippen LogP contribution >= 0.6 is 11.3 Å². The third-order valence-electron chi connectivity index (χ3n) is 2.30. The number of aromatic nitrogens is 1. The largest absolute Gasteiger partial charge is 0.385 e. The maximum absolute atomic E-state index is 11.7. The smallest absolute Gasteiger partial charge is 0.267 e. The number of carbonyl (C=O) groups is 1. The van der Waals surface area contributed by atoms with Crippen LogP contribution in [0.2, 0.25) is 0 Å². The Kier molecular flexibility index (Phi) is 3.58. The first kappa shape index (κ1) is 11.2. The molecule has 2 N–H and O–H groups in total. The van der Waals surface area contributed by atoms with Crippen molar-refractivity contribution in [2.75, 3.05) is 20.3 Å². The number of hydrogen-bond acceptors (Lipinski definition) is 3. The van der Waals surface area contributed by atoms with E-state index in [9.17, 15) is 4.79 Å². The van der Waals surface area contributed by atoms with Crippen LogP contribution in [0.4, 0.5) is 0 Å². The van der Waals surface area contributed by atoms with Crippen LogP contribution in [0.15, 0.2) is 17.5 Å². The van der Waals surface area contributed by atoms with E-state index in [1.165, 1.54) is 0 Å². The van der Waals surface area contributed by atoms with Crippen molar-refractivity contribution in [1.82, 2.24) is 10.3 Å². The summed E-state index contributed by atoms with van der Waals surface area (Å²) in [5.41, 5.74) is 1.64. The Morgan fingerprint density at radius 3 is 3.25 bits per heavy atom. The number of thiophene rings is 1. The summed E-state index contributed by atoms with van der Waals surface area (Å²) in [6.45, 7) is 1.30. The second kappa shape index (κ2) is 5.14. The number of fused-ring (bicyclic) bond motifs is 1. The minimum absolute atomic E-state index is 0.0560. The quantitative estimate of drug-likeness (QED) is 0.783. The van der Waals surface area contributed by atoms with Gasteiger partial charge in [-0.3, -0.25) is 4.79 Å². The lowest BCUT2D eigenvalue weighted by atomic mass is 10.4. The van der Waals surface area contributed by atoms with Crippen molar-refractivity contribution >= 4 is 27.5 Å². The lowest BCUT2D eigenvalue weighted by Gasteiger charge is -2.02. The first-order valence-corrected chi connectivity index (χ1v) is 6.02. The van der Waals surface area contributed by atoms with Crippen LogP contribution in [0.1, 0.15) is 16.9 Å². The van der Waals surface area contributed by atoms with Crippen LogP contribution < -0.4 is 5.32 Å². The molecule has 0 atom stereocenters. The van der Waals surface area contributed by atoms with Crippen LogP contribution in [-0.4, -0.2) is 31.2 Å². The molecule has 0 aliphatic rings. The maximum Gasteiger partial charge on any atom is 0.267 e. The molecule has 0 aliphatic carbocycles. The molecule has 0 spiro atoms. The Labute approximate surface area is 97.6 Å². The first-order chi connectivity index (χ1) is 7.81. The van der Waals surface area contributed by atoms with Gasteiger partial charge in [-0.2, -0.15) is 0 Å². The van der Waals surface area contributed by atoms with Gasteiger partial charge in [0.2, 0.25) is 0 Å². The van der Waals surface area contributed by atoms with E-state index in [0.29, 0.717) is 18.8 Å². The average molecular weight is 238 g/mol. The van der Waals surface area contributed by atoms with Crippen molar-refractivity contribution in [2.45, 2.75) is 6.42 Å². The zero-order valence-corrected chi connectivity index (χ0v) is 9.89. The molecular formula is C11H14N2O2S. The van der Waals surface area contributed by atoms with Crippen LogP contribution in [0.5, 0.6) is 0 Å². The minimum atomic E-state index is -0.0560. The van der Waals surface area contributed by atoms with Crippen LogP contribution in [0.3, 0.4) is 0 Å². The van der Waals surface area contributed by atoms with E-state index in [-0.39, 0.29) is 5.91 Å². The number of aromatic amines is 1. The molecule has 0 bridgehead atoms. The first-order valence-electron chi connectivity index (χ1n) is 5.14. The Balaban J connectivity index is 1.92. The van der Waals surface area contributed by atoms with E-state index in [2.05, 4.69) is 10.3 Å². The molecule has 1 amide bonds. The van der Waals surface area contributed by atoms with Crippen molar-refractivity contribution in [3.8, 4) is 0 Å². The Morgan fingerprint density at radius 1 is 1.62 bits per heavy atom. The zero-order chi connectivity index (χ0) is 11.4. The third-order valence-corrected chi connectivity index (χ3v) is 3.16. The fourth-order valence-electron chi connectivity index (χ4n) is 1.48. The van der Waals surface area contributed by atoms with Gasteiger partial charge in [0.15, 0.2) is 0 Å². The molecule has 4 nitrogen and oxygen atoms in total. The summed E-state index contributed by atoms with van der Waals surface area (Å²) in [6.07, 6.45) is 0.831. The van der Waals surface area contributed by atoms with Gasteiger partial charge in [-0.05, 0) is 23.9 Å². The standard InChI is InChI=1S/C11H14N2O2S/c1-15-5-2-4-12-11(14)9-7-10-8(13-9)3-6-16-10/h3,6-7,13H,2,4-5H2,1H3,(H,12,14). The molecule has 86 valence electrons. The van der Waals surface area contributed by atoms with Crippen molar-refractivity contribution in [1.29, 1.82) is 0 Å². The second-order valence-electron chi connectivity index (χ2n) is 3.48. The molecule has 0 saturated heterocycles. The Hall–Kier alpha value is -1.33. The number of nitrogens with one attached hydrogen (secondary N) is 2. The van der Waals surface area contributed by atoms with Gasteiger partial charge in [-0.15, -0.1) is 11.3 Å². The number of hydrogen-bond donors (Lipinski definition) is 2. The number of rotatable bonds is 5.